The van der Waals surface area contributed by atoms with Crippen LogP contribution in [-0.4, -0.2) is 9.55 Å². The molecule has 3 rings (SSSR count). The number of nitrogens with zero attached hydrogens (tertiary/aromatic N) is 3. The molecule has 0 aliphatic heterocycles. The molecule has 0 bridgehead atoms. The predicted octanol–water partition coefficient (Wildman–Crippen LogP) is 3.45. The molecule has 0 saturated carbocycles. The van der Waals surface area contributed by atoms with Gasteiger partial charge in [-0.05, 0) is 43.3 Å². The lowest BCUT2D eigenvalue weighted by Gasteiger charge is -2.10. The average molecular weight is 276 g/mol. The molecule has 2 N–H and O–H groups in total. The summed E-state index contributed by atoms with van der Waals surface area (Å²) in [6, 6.07) is 17.9. The van der Waals surface area contributed by atoms with Crippen molar-refractivity contribution in [1.29, 1.82) is 5.26 Å². The van der Waals surface area contributed by atoms with Crippen molar-refractivity contribution < 1.29 is 0 Å². The minimum absolute atomic E-state index is 0.0739. The van der Waals surface area contributed by atoms with Crippen LogP contribution in [0.15, 0.2) is 48.5 Å². The summed E-state index contributed by atoms with van der Waals surface area (Å²) >= 11 is 0. The van der Waals surface area contributed by atoms with Gasteiger partial charge in [0, 0.05) is 17.8 Å². The second kappa shape index (κ2) is 5.29. The van der Waals surface area contributed by atoms with Crippen LogP contribution < -0.4 is 5.73 Å². The van der Waals surface area contributed by atoms with Crippen molar-refractivity contribution in [1.82, 2.24) is 9.55 Å². The number of nitriles is 1. The lowest BCUT2D eigenvalue weighted by Crippen LogP contribution is -2.07. The van der Waals surface area contributed by atoms with Gasteiger partial charge in [-0.3, -0.25) is 0 Å². The highest BCUT2D eigenvalue weighted by Crippen LogP contribution is 2.26. The molecular weight excluding hydrogens is 260 g/mol. The van der Waals surface area contributed by atoms with E-state index in [-0.39, 0.29) is 5.92 Å². The SMILES string of the molecule is CC(C#N)Cn1c(-c2ccc(N)cc2)nc2ccccc21. The zero-order valence-corrected chi connectivity index (χ0v) is 11.8. The van der Waals surface area contributed by atoms with E-state index >= 15 is 0 Å². The second-order valence-electron chi connectivity index (χ2n) is 5.19. The molecule has 104 valence electrons. The first-order valence-electron chi connectivity index (χ1n) is 6.90. The summed E-state index contributed by atoms with van der Waals surface area (Å²) < 4.78 is 2.11. The lowest BCUT2D eigenvalue weighted by molar-refractivity contribution is 0.597. The highest BCUT2D eigenvalue weighted by atomic mass is 15.1. The van der Waals surface area contributed by atoms with E-state index in [2.05, 4.69) is 10.6 Å². The summed E-state index contributed by atoms with van der Waals surface area (Å²) in [5, 5.41) is 9.10. The maximum absolute atomic E-state index is 9.10. The number of fused-ring (bicyclic) bond motifs is 1. The van der Waals surface area contributed by atoms with Gasteiger partial charge in [0.05, 0.1) is 23.0 Å². The zero-order valence-electron chi connectivity index (χ0n) is 11.8. The van der Waals surface area contributed by atoms with Crippen LogP contribution in [0.2, 0.25) is 0 Å². The van der Waals surface area contributed by atoms with E-state index in [0.29, 0.717) is 6.54 Å². The summed E-state index contributed by atoms with van der Waals surface area (Å²) in [6.07, 6.45) is 0. The molecule has 3 aromatic rings. The third-order valence-electron chi connectivity index (χ3n) is 3.50. The number of aromatic nitrogens is 2. The standard InChI is InChI=1S/C17H16N4/c1-12(10-18)11-21-16-5-3-2-4-15(16)20-17(21)13-6-8-14(19)9-7-13/h2-9,12H,11,19H2,1H3. The first-order chi connectivity index (χ1) is 10.2. The van der Waals surface area contributed by atoms with Crippen LogP contribution in [0.3, 0.4) is 0 Å². The van der Waals surface area contributed by atoms with Gasteiger partial charge >= 0.3 is 0 Å². The maximum Gasteiger partial charge on any atom is 0.141 e. The summed E-state index contributed by atoms with van der Waals surface area (Å²) in [5.74, 6) is 0.799. The first-order valence-corrected chi connectivity index (χ1v) is 6.90. The minimum atomic E-state index is -0.0739. The number of para-hydroxylation sites is 2. The number of hydrogen-bond donors (Lipinski definition) is 1. The summed E-state index contributed by atoms with van der Waals surface area (Å²) in [4.78, 5) is 4.71. The molecule has 0 spiro atoms. The number of nitrogen functional groups attached to an aromatic ring is 1. The smallest absolute Gasteiger partial charge is 0.141 e. The van der Waals surface area contributed by atoms with Gasteiger partial charge in [-0.15, -0.1) is 0 Å². The van der Waals surface area contributed by atoms with E-state index in [1.807, 2.05) is 55.5 Å². The summed E-state index contributed by atoms with van der Waals surface area (Å²) in [6.45, 7) is 2.54. The van der Waals surface area contributed by atoms with Crippen LogP contribution in [0, 0.1) is 17.2 Å². The van der Waals surface area contributed by atoms with Gasteiger partial charge in [0.2, 0.25) is 0 Å². The molecule has 0 aliphatic carbocycles. The van der Waals surface area contributed by atoms with Gasteiger partial charge in [-0.25, -0.2) is 4.98 Å². The van der Waals surface area contributed by atoms with Crippen LogP contribution in [0.25, 0.3) is 22.4 Å². The lowest BCUT2D eigenvalue weighted by atomic mass is 10.1. The normalized spacial score (nSPS) is 12.2. The molecule has 1 aromatic heterocycles. The van der Waals surface area contributed by atoms with E-state index in [1.165, 1.54) is 0 Å². The summed E-state index contributed by atoms with van der Waals surface area (Å²) in [5.41, 5.74) is 9.47. The number of rotatable bonds is 3. The number of benzene rings is 2. The van der Waals surface area contributed by atoms with Crippen molar-refractivity contribution in [2.24, 2.45) is 5.92 Å². The monoisotopic (exact) mass is 276 g/mol. The highest BCUT2D eigenvalue weighted by molar-refractivity contribution is 5.80. The molecule has 0 aliphatic rings. The number of hydrogen-bond acceptors (Lipinski definition) is 3. The fraction of sp³-hybridized carbons (Fsp3) is 0.176. The van der Waals surface area contributed by atoms with Crippen LogP contribution in [0.4, 0.5) is 5.69 Å². The molecule has 0 saturated heterocycles. The maximum atomic E-state index is 9.10. The Kier molecular flexibility index (Phi) is 3.33. The van der Waals surface area contributed by atoms with E-state index in [1.54, 1.807) is 0 Å². The van der Waals surface area contributed by atoms with Gasteiger partial charge in [-0.2, -0.15) is 5.26 Å². The Morgan fingerprint density at radius 1 is 1.19 bits per heavy atom. The number of anilines is 1. The molecule has 0 fully saturated rings. The van der Waals surface area contributed by atoms with E-state index in [0.717, 1.165) is 28.1 Å². The van der Waals surface area contributed by atoms with Crippen molar-refractivity contribution in [3.05, 3.63) is 48.5 Å². The number of imidazole rings is 1. The Balaban J connectivity index is 2.19. The Hall–Kier alpha value is -2.80. The van der Waals surface area contributed by atoms with Crippen molar-refractivity contribution >= 4 is 16.7 Å². The quantitative estimate of drug-likeness (QED) is 0.745. The van der Waals surface area contributed by atoms with Crippen molar-refractivity contribution in [3.8, 4) is 17.5 Å². The van der Waals surface area contributed by atoms with Crippen LogP contribution in [-0.2, 0) is 6.54 Å². The van der Waals surface area contributed by atoms with Crippen molar-refractivity contribution in [2.75, 3.05) is 5.73 Å². The largest absolute Gasteiger partial charge is 0.399 e. The van der Waals surface area contributed by atoms with E-state index in [9.17, 15) is 0 Å². The molecule has 4 nitrogen and oxygen atoms in total. The van der Waals surface area contributed by atoms with Gasteiger partial charge in [0.1, 0.15) is 5.82 Å². The first kappa shape index (κ1) is 13.2. The molecule has 2 aromatic carbocycles. The van der Waals surface area contributed by atoms with E-state index in [4.69, 9.17) is 16.0 Å². The molecule has 0 amide bonds. The van der Waals surface area contributed by atoms with Crippen molar-refractivity contribution in [3.63, 3.8) is 0 Å². The van der Waals surface area contributed by atoms with Crippen LogP contribution in [0.1, 0.15) is 6.92 Å². The molecule has 0 radical (unpaired) electrons. The van der Waals surface area contributed by atoms with Crippen LogP contribution in [0.5, 0.6) is 0 Å². The molecule has 1 unspecified atom stereocenters. The Bertz CT molecular complexity index is 809. The fourth-order valence-electron chi connectivity index (χ4n) is 2.43. The average Bonchev–Trinajstić information content (AvgIpc) is 2.87. The third-order valence-corrected chi connectivity index (χ3v) is 3.50. The Morgan fingerprint density at radius 3 is 2.62 bits per heavy atom. The predicted molar refractivity (Wildman–Crippen MR) is 84.4 cm³/mol. The molecule has 21 heavy (non-hydrogen) atoms. The molecule has 1 atom stereocenters. The second-order valence-corrected chi connectivity index (χ2v) is 5.19. The van der Waals surface area contributed by atoms with Gasteiger partial charge in [0.15, 0.2) is 0 Å². The Morgan fingerprint density at radius 2 is 1.90 bits per heavy atom. The number of nitrogens with two attached hydrogens (primary N) is 1. The molecular formula is C17H16N4. The van der Waals surface area contributed by atoms with E-state index < -0.39 is 0 Å². The topological polar surface area (TPSA) is 67.6 Å². The fourth-order valence-corrected chi connectivity index (χ4v) is 2.43. The van der Waals surface area contributed by atoms with Gasteiger partial charge < -0.3 is 10.3 Å². The van der Waals surface area contributed by atoms with Gasteiger partial charge in [0.25, 0.3) is 0 Å². The van der Waals surface area contributed by atoms with Crippen molar-refractivity contribution in [2.45, 2.75) is 13.5 Å². The molecule has 1 heterocycles. The summed E-state index contributed by atoms with van der Waals surface area (Å²) in [7, 11) is 0. The third kappa shape index (κ3) is 2.46. The Labute approximate surface area is 123 Å². The minimum Gasteiger partial charge on any atom is -0.399 e. The van der Waals surface area contributed by atoms with Crippen LogP contribution >= 0.6 is 0 Å². The highest BCUT2D eigenvalue weighted by Gasteiger charge is 2.14. The van der Waals surface area contributed by atoms with Gasteiger partial charge in [-0.1, -0.05) is 12.1 Å². The molecule has 4 heteroatoms. The zero-order chi connectivity index (χ0) is 14.8.